The van der Waals surface area contributed by atoms with Gasteiger partial charge in [0.05, 0.1) is 0 Å². The molecule has 0 aromatic heterocycles. The first-order valence-corrected chi connectivity index (χ1v) is 7.24. The maximum absolute atomic E-state index is 12.5. The molecule has 1 N–H and O–H groups in total. The lowest BCUT2D eigenvalue weighted by atomic mass is 9.93. The van der Waals surface area contributed by atoms with Crippen LogP contribution >= 0.6 is 11.6 Å². The zero-order valence-electron chi connectivity index (χ0n) is 11.7. The predicted molar refractivity (Wildman–Crippen MR) is 80.2 cm³/mol. The number of Topliss-reactive ketones (excluding diaryl/α,β-unsaturated/α-hetero) is 2. The van der Waals surface area contributed by atoms with E-state index in [0.29, 0.717) is 11.1 Å². The molecule has 0 radical (unpaired) electrons. The third kappa shape index (κ3) is 2.60. The highest BCUT2D eigenvalue weighted by atomic mass is 35.5. The first-order valence-electron chi connectivity index (χ1n) is 6.86. The van der Waals surface area contributed by atoms with Gasteiger partial charge in [0.25, 0.3) is 0 Å². The van der Waals surface area contributed by atoms with Crippen molar-refractivity contribution in [3.8, 4) is 0 Å². The van der Waals surface area contributed by atoms with Crippen molar-refractivity contribution in [1.29, 1.82) is 0 Å². The van der Waals surface area contributed by atoms with Gasteiger partial charge in [0, 0.05) is 37.3 Å². The number of nitrogens with one attached hydrogen (secondary N) is 1. The van der Waals surface area contributed by atoms with E-state index in [-0.39, 0.29) is 22.3 Å². The Labute approximate surface area is 128 Å². The van der Waals surface area contributed by atoms with Gasteiger partial charge in [0.15, 0.2) is 0 Å². The van der Waals surface area contributed by atoms with Crippen LogP contribution in [-0.4, -0.2) is 54.7 Å². The van der Waals surface area contributed by atoms with Crippen molar-refractivity contribution in [2.75, 3.05) is 33.2 Å². The van der Waals surface area contributed by atoms with Gasteiger partial charge >= 0.3 is 0 Å². The molecule has 6 heteroatoms. The number of likely N-dealkylation sites (N-methyl/N-ethyl adjacent to an activating group) is 1. The van der Waals surface area contributed by atoms with Crippen LogP contribution in [0.2, 0.25) is 0 Å². The van der Waals surface area contributed by atoms with E-state index in [0.717, 1.165) is 26.2 Å². The molecule has 1 aromatic carbocycles. The Bertz CT molecular complexity index is 634. The number of benzene rings is 1. The molecule has 110 valence electrons. The van der Waals surface area contributed by atoms with Crippen LogP contribution in [0.4, 0.5) is 0 Å². The summed E-state index contributed by atoms with van der Waals surface area (Å²) in [4.78, 5) is 27.0. The molecule has 0 atom stereocenters. The van der Waals surface area contributed by atoms with E-state index in [1.54, 1.807) is 24.3 Å². The molecule has 0 bridgehead atoms. The van der Waals surface area contributed by atoms with Gasteiger partial charge in [-0.05, 0) is 7.05 Å². The Balaban J connectivity index is 1.87. The molecule has 0 spiro atoms. The quantitative estimate of drug-likeness (QED) is 0.892. The fraction of sp³-hybridized carbons (Fsp3) is 0.333. The van der Waals surface area contributed by atoms with Gasteiger partial charge in [-0.15, -0.1) is 0 Å². The fourth-order valence-corrected chi connectivity index (χ4v) is 2.75. The number of carbonyl (C=O) groups excluding carboxylic acids is 2. The number of allylic oxidation sites excluding steroid dienone is 2. The molecule has 0 unspecified atom stereocenters. The molecule has 5 nitrogen and oxygen atoms in total. The smallest absolute Gasteiger partial charge is 0.212 e. The summed E-state index contributed by atoms with van der Waals surface area (Å²) in [7, 11) is 2.05. The third-order valence-electron chi connectivity index (χ3n) is 3.84. The van der Waals surface area contributed by atoms with E-state index in [4.69, 9.17) is 11.6 Å². The van der Waals surface area contributed by atoms with Gasteiger partial charge in [0.1, 0.15) is 10.7 Å². The molecular weight excluding hydrogens is 290 g/mol. The second kappa shape index (κ2) is 5.60. The first kappa shape index (κ1) is 14.3. The van der Waals surface area contributed by atoms with Crippen molar-refractivity contribution in [3.63, 3.8) is 0 Å². The summed E-state index contributed by atoms with van der Waals surface area (Å²) in [6.45, 7) is 3.34. The van der Waals surface area contributed by atoms with E-state index >= 15 is 0 Å². The number of piperazine rings is 1. The zero-order valence-corrected chi connectivity index (χ0v) is 12.5. The van der Waals surface area contributed by atoms with Gasteiger partial charge in [-0.25, -0.2) is 5.01 Å². The molecular formula is C15H16ClN3O2. The van der Waals surface area contributed by atoms with Crippen LogP contribution in [0.15, 0.2) is 35.0 Å². The number of carbonyl (C=O) groups is 2. The number of hydrogen-bond acceptors (Lipinski definition) is 5. The Hall–Kier alpha value is -1.69. The second-order valence-electron chi connectivity index (χ2n) is 5.29. The maximum Gasteiger partial charge on any atom is 0.212 e. The minimum atomic E-state index is -0.302. The summed E-state index contributed by atoms with van der Waals surface area (Å²) in [6.07, 6.45) is 0. The lowest BCUT2D eigenvalue weighted by Gasteiger charge is -2.34. The number of fused-ring (bicyclic) bond motifs is 1. The van der Waals surface area contributed by atoms with Gasteiger partial charge in [-0.1, -0.05) is 35.9 Å². The molecule has 21 heavy (non-hydrogen) atoms. The van der Waals surface area contributed by atoms with Gasteiger partial charge in [0.2, 0.25) is 11.6 Å². The van der Waals surface area contributed by atoms with E-state index < -0.39 is 0 Å². The number of hydrogen-bond donors (Lipinski definition) is 1. The van der Waals surface area contributed by atoms with Crippen molar-refractivity contribution in [2.45, 2.75) is 0 Å². The molecule has 0 saturated carbocycles. The Morgan fingerprint density at radius 2 is 1.57 bits per heavy atom. The minimum absolute atomic E-state index is 0.0300. The number of ketones is 2. The van der Waals surface area contributed by atoms with Crippen LogP contribution in [0.3, 0.4) is 0 Å². The van der Waals surface area contributed by atoms with Crippen molar-refractivity contribution < 1.29 is 9.59 Å². The average Bonchev–Trinajstić information content (AvgIpc) is 2.51. The van der Waals surface area contributed by atoms with Crippen LogP contribution in [-0.2, 0) is 0 Å². The second-order valence-corrected chi connectivity index (χ2v) is 5.67. The van der Waals surface area contributed by atoms with Crippen molar-refractivity contribution >= 4 is 23.2 Å². The van der Waals surface area contributed by atoms with E-state index in [9.17, 15) is 9.59 Å². The Morgan fingerprint density at radius 1 is 1.00 bits per heavy atom. The lowest BCUT2D eigenvalue weighted by molar-refractivity contribution is 0.0898. The Kier molecular flexibility index (Phi) is 3.80. The number of hydrazine groups is 1. The van der Waals surface area contributed by atoms with E-state index in [1.165, 1.54) is 0 Å². The summed E-state index contributed by atoms with van der Waals surface area (Å²) < 4.78 is 0. The van der Waals surface area contributed by atoms with Crippen LogP contribution < -0.4 is 5.43 Å². The summed E-state index contributed by atoms with van der Waals surface area (Å²) in [5.41, 5.74) is 4.00. The highest BCUT2D eigenvalue weighted by Gasteiger charge is 2.32. The maximum atomic E-state index is 12.5. The highest BCUT2D eigenvalue weighted by Crippen LogP contribution is 2.27. The molecule has 1 fully saturated rings. The molecule has 1 heterocycles. The van der Waals surface area contributed by atoms with Crippen LogP contribution in [0.1, 0.15) is 20.7 Å². The van der Waals surface area contributed by atoms with Crippen LogP contribution in [0, 0.1) is 0 Å². The normalized spacial score (nSPS) is 20.7. The van der Waals surface area contributed by atoms with Crippen LogP contribution in [0.5, 0.6) is 0 Å². The van der Waals surface area contributed by atoms with Crippen LogP contribution in [0.25, 0.3) is 0 Å². The number of rotatable bonds is 2. The Morgan fingerprint density at radius 3 is 2.19 bits per heavy atom. The largest absolute Gasteiger partial charge is 0.314 e. The minimum Gasteiger partial charge on any atom is -0.314 e. The standard InChI is InChI=1S/C15H16ClN3O2/c1-18-6-8-19(9-7-18)17-13-12(16)14(20)10-4-2-3-5-11(10)15(13)21/h2-5,17H,6-9H2,1H3. The van der Waals surface area contributed by atoms with Crippen molar-refractivity contribution in [1.82, 2.24) is 15.3 Å². The molecule has 1 aliphatic heterocycles. The molecule has 1 aromatic rings. The monoisotopic (exact) mass is 305 g/mol. The third-order valence-corrected chi connectivity index (χ3v) is 4.20. The average molecular weight is 306 g/mol. The number of halogens is 1. The number of nitrogens with zero attached hydrogens (tertiary/aromatic N) is 2. The molecule has 2 aliphatic rings. The van der Waals surface area contributed by atoms with Crippen molar-refractivity contribution in [2.24, 2.45) is 0 Å². The lowest BCUT2D eigenvalue weighted by Crippen LogP contribution is -2.51. The van der Waals surface area contributed by atoms with Gasteiger partial charge in [-0.3, -0.25) is 9.59 Å². The van der Waals surface area contributed by atoms with Gasteiger partial charge in [-0.2, -0.15) is 0 Å². The molecule has 0 amide bonds. The molecule has 1 aliphatic carbocycles. The molecule has 3 rings (SSSR count). The summed E-state index contributed by atoms with van der Waals surface area (Å²) >= 11 is 6.11. The summed E-state index contributed by atoms with van der Waals surface area (Å²) in [5, 5.41) is 1.90. The fourth-order valence-electron chi connectivity index (χ4n) is 2.52. The predicted octanol–water partition coefficient (Wildman–Crippen LogP) is 1.27. The molecule has 1 saturated heterocycles. The zero-order chi connectivity index (χ0) is 15.0. The van der Waals surface area contributed by atoms with E-state index in [2.05, 4.69) is 17.4 Å². The topological polar surface area (TPSA) is 52.6 Å². The highest BCUT2D eigenvalue weighted by molar-refractivity contribution is 6.49. The SMILES string of the molecule is CN1CCN(NC2=C(Cl)C(=O)c3ccccc3C2=O)CC1. The van der Waals surface area contributed by atoms with Gasteiger partial charge < -0.3 is 10.3 Å². The van der Waals surface area contributed by atoms with Crippen molar-refractivity contribution in [3.05, 3.63) is 46.1 Å². The van der Waals surface area contributed by atoms with E-state index in [1.807, 2.05) is 5.01 Å². The summed E-state index contributed by atoms with van der Waals surface area (Å²) in [6, 6.07) is 6.76. The summed E-state index contributed by atoms with van der Waals surface area (Å²) in [5.74, 6) is -0.530. The first-order chi connectivity index (χ1) is 10.1.